The third kappa shape index (κ3) is 4.13. The second-order valence-electron chi connectivity index (χ2n) is 6.09. The highest BCUT2D eigenvalue weighted by atomic mass is 16.3. The summed E-state index contributed by atoms with van der Waals surface area (Å²) < 4.78 is 0. The predicted octanol–water partition coefficient (Wildman–Crippen LogP) is 6.52. The fourth-order valence-electron chi connectivity index (χ4n) is 3.16. The molecule has 0 saturated carbocycles. The van der Waals surface area contributed by atoms with E-state index in [2.05, 4.69) is 38.1 Å². The Morgan fingerprint density at radius 3 is 1.91 bits per heavy atom. The Balaban J connectivity index is 2.38. The summed E-state index contributed by atoms with van der Waals surface area (Å²) in [6, 6.07) is 16.3. The maximum atomic E-state index is 10.2. The van der Waals surface area contributed by atoms with Crippen LogP contribution >= 0.6 is 0 Å². The summed E-state index contributed by atoms with van der Waals surface area (Å²) in [6.07, 6.45) is 7.48. The lowest BCUT2D eigenvalue weighted by atomic mass is 9.84. The van der Waals surface area contributed by atoms with Crippen molar-refractivity contribution in [2.75, 3.05) is 0 Å². The van der Waals surface area contributed by atoms with Gasteiger partial charge >= 0.3 is 0 Å². The fraction of sp³-hybridized carbons (Fsp3) is 0.429. The fourth-order valence-corrected chi connectivity index (χ4v) is 3.16. The minimum absolute atomic E-state index is 0.375. The zero-order chi connectivity index (χ0) is 15.8. The van der Waals surface area contributed by atoms with Crippen molar-refractivity contribution in [1.29, 1.82) is 0 Å². The van der Waals surface area contributed by atoms with Crippen LogP contribution in [0.4, 0.5) is 0 Å². The molecule has 0 saturated heterocycles. The van der Waals surface area contributed by atoms with Gasteiger partial charge in [0.05, 0.1) is 0 Å². The van der Waals surface area contributed by atoms with E-state index in [1.165, 1.54) is 49.7 Å². The zero-order valence-electron chi connectivity index (χ0n) is 13.9. The molecule has 2 aromatic rings. The van der Waals surface area contributed by atoms with Gasteiger partial charge in [-0.2, -0.15) is 0 Å². The van der Waals surface area contributed by atoms with Gasteiger partial charge in [0, 0.05) is 5.56 Å². The van der Waals surface area contributed by atoms with Gasteiger partial charge in [-0.05, 0) is 36.0 Å². The molecule has 0 fully saturated rings. The summed E-state index contributed by atoms with van der Waals surface area (Å²) in [5.74, 6) is 0.968. The number of unbranched alkanes of at least 4 members (excludes halogenated alkanes) is 2. The van der Waals surface area contributed by atoms with Crippen molar-refractivity contribution in [1.82, 2.24) is 0 Å². The number of hydrogen-bond acceptors (Lipinski definition) is 1. The number of rotatable bonds is 8. The largest absolute Gasteiger partial charge is 0.507 e. The predicted molar refractivity (Wildman–Crippen MR) is 95.3 cm³/mol. The summed E-state index contributed by atoms with van der Waals surface area (Å²) in [4.78, 5) is 0. The van der Waals surface area contributed by atoms with E-state index in [9.17, 15) is 5.11 Å². The van der Waals surface area contributed by atoms with Gasteiger partial charge in [-0.1, -0.05) is 82.0 Å². The Hall–Kier alpha value is -1.76. The van der Waals surface area contributed by atoms with Gasteiger partial charge in [0.1, 0.15) is 5.75 Å². The second kappa shape index (κ2) is 8.63. The van der Waals surface area contributed by atoms with Gasteiger partial charge in [0.15, 0.2) is 0 Å². The van der Waals surface area contributed by atoms with Crippen molar-refractivity contribution in [3.8, 4) is 16.9 Å². The normalized spacial score (nSPS) is 11.0. The van der Waals surface area contributed by atoms with Crippen LogP contribution in [0.3, 0.4) is 0 Å². The summed E-state index contributed by atoms with van der Waals surface area (Å²) in [5.41, 5.74) is 3.54. The molecule has 0 atom stereocenters. The molecule has 22 heavy (non-hydrogen) atoms. The maximum Gasteiger partial charge on any atom is 0.123 e. The molecule has 1 nitrogen and oxygen atoms in total. The topological polar surface area (TPSA) is 20.2 Å². The Morgan fingerprint density at radius 1 is 0.773 bits per heavy atom. The van der Waals surface area contributed by atoms with Crippen LogP contribution in [0.1, 0.15) is 63.9 Å². The molecule has 2 aromatic carbocycles. The lowest BCUT2D eigenvalue weighted by Gasteiger charge is -2.21. The number of phenols is 1. The van der Waals surface area contributed by atoms with Gasteiger partial charge in [-0.25, -0.2) is 0 Å². The van der Waals surface area contributed by atoms with Crippen molar-refractivity contribution in [2.45, 2.75) is 58.3 Å². The van der Waals surface area contributed by atoms with Gasteiger partial charge in [-0.15, -0.1) is 0 Å². The first-order chi connectivity index (χ1) is 10.8. The van der Waals surface area contributed by atoms with E-state index in [1.54, 1.807) is 6.07 Å². The van der Waals surface area contributed by atoms with Crippen LogP contribution in [0.2, 0.25) is 0 Å². The van der Waals surface area contributed by atoms with Crippen LogP contribution in [0.25, 0.3) is 11.1 Å². The second-order valence-corrected chi connectivity index (χ2v) is 6.09. The quantitative estimate of drug-likeness (QED) is 0.587. The summed E-state index contributed by atoms with van der Waals surface area (Å²) in [6.45, 7) is 4.51. The first kappa shape index (κ1) is 16.6. The molecular weight excluding hydrogens is 268 g/mol. The van der Waals surface area contributed by atoms with Crippen molar-refractivity contribution >= 4 is 0 Å². The Labute approximate surface area is 135 Å². The summed E-state index contributed by atoms with van der Waals surface area (Å²) >= 11 is 0. The third-order valence-electron chi connectivity index (χ3n) is 4.41. The first-order valence-electron chi connectivity index (χ1n) is 8.65. The molecule has 0 unspecified atom stereocenters. The molecule has 0 aliphatic heterocycles. The average Bonchev–Trinajstić information content (AvgIpc) is 2.56. The van der Waals surface area contributed by atoms with Crippen molar-refractivity contribution in [3.05, 3.63) is 54.1 Å². The lowest BCUT2D eigenvalue weighted by molar-refractivity contribution is 0.477. The van der Waals surface area contributed by atoms with Crippen molar-refractivity contribution in [3.63, 3.8) is 0 Å². The highest BCUT2D eigenvalue weighted by Crippen LogP contribution is 2.38. The van der Waals surface area contributed by atoms with Crippen molar-refractivity contribution in [2.24, 2.45) is 0 Å². The summed E-state index contributed by atoms with van der Waals surface area (Å²) in [7, 11) is 0. The van der Waals surface area contributed by atoms with E-state index in [-0.39, 0.29) is 0 Å². The Bertz CT molecular complexity index is 566. The van der Waals surface area contributed by atoms with E-state index in [4.69, 9.17) is 0 Å². The number of benzene rings is 2. The molecule has 0 radical (unpaired) electrons. The zero-order valence-corrected chi connectivity index (χ0v) is 13.9. The molecule has 118 valence electrons. The van der Waals surface area contributed by atoms with Crippen LogP contribution in [-0.2, 0) is 0 Å². The highest BCUT2D eigenvalue weighted by Gasteiger charge is 2.16. The molecule has 2 rings (SSSR count). The average molecular weight is 296 g/mol. The highest BCUT2D eigenvalue weighted by molar-refractivity contribution is 5.73. The molecule has 0 aliphatic rings. The van der Waals surface area contributed by atoms with E-state index >= 15 is 0 Å². The lowest BCUT2D eigenvalue weighted by Crippen LogP contribution is -2.02. The molecule has 1 heteroatoms. The molecule has 0 amide bonds. The smallest absolute Gasteiger partial charge is 0.123 e. The van der Waals surface area contributed by atoms with E-state index in [0.29, 0.717) is 11.7 Å². The van der Waals surface area contributed by atoms with Gasteiger partial charge in [0.2, 0.25) is 0 Å². The Kier molecular flexibility index (Phi) is 6.51. The molecule has 0 bridgehead atoms. The molecule has 0 aromatic heterocycles. The van der Waals surface area contributed by atoms with Gasteiger partial charge in [-0.3, -0.25) is 0 Å². The molecular formula is C21H28O. The standard InChI is InChI=1S/C21H28O/c1-3-5-11-17(12-6-4-2)18-13-7-8-14-19(18)20-15-9-10-16-21(20)22/h7-10,13-17,22H,3-6,11-12H2,1-2H3. The Morgan fingerprint density at radius 2 is 1.32 bits per heavy atom. The number of para-hydroxylation sites is 1. The first-order valence-corrected chi connectivity index (χ1v) is 8.65. The van der Waals surface area contributed by atoms with E-state index < -0.39 is 0 Å². The molecule has 0 heterocycles. The number of aromatic hydroxyl groups is 1. The van der Waals surface area contributed by atoms with E-state index in [0.717, 1.165) is 5.56 Å². The van der Waals surface area contributed by atoms with Crippen LogP contribution in [0.5, 0.6) is 5.75 Å². The number of hydrogen-bond donors (Lipinski definition) is 1. The van der Waals surface area contributed by atoms with Crippen LogP contribution in [0.15, 0.2) is 48.5 Å². The van der Waals surface area contributed by atoms with Crippen LogP contribution in [-0.4, -0.2) is 5.11 Å². The molecule has 1 N–H and O–H groups in total. The van der Waals surface area contributed by atoms with Gasteiger partial charge < -0.3 is 5.11 Å². The van der Waals surface area contributed by atoms with Crippen molar-refractivity contribution < 1.29 is 5.11 Å². The number of phenolic OH excluding ortho intramolecular Hbond substituents is 1. The third-order valence-corrected chi connectivity index (χ3v) is 4.41. The minimum atomic E-state index is 0.375. The monoisotopic (exact) mass is 296 g/mol. The van der Waals surface area contributed by atoms with Crippen LogP contribution in [0, 0.1) is 0 Å². The molecule has 0 spiro atoms. The van der Waals surface area contributed by atoms with Crippen LogP contribution < -0.4 is 0 Å². The molecule has 0 aliphatic carbocycles. The maximum absolute atomic E-state index is 10.2. The SMILES string of the molecule is CCCCC(CCCC)c1ccccc1-c1ccccc1O. The van der Waals surface area contributed by atoms with Gasteiger partial charge in [0.25, 0.3) is 0 Å². The van der Waals surface area contributed by atoms with E-state index in [1.807, 2.05) is 18.2 Å². The minimum Gasteiger partial charge on any atom is -0.507 e. The summed E-state index contributed by atoms with van der Waals surface area (Å²) in [5, 5.41) is 10.2.